The van der Waals surface area contributed by atoms with Crippen molar-refractivity contribution in [3.05, 3.63) is 70.2 Å². The van der Waals surface area contributed by atoms with Gasteiger partial charge in [0, 0.05) is 18.1 Å². The molecule has 0 saturated heterocycles. The highest BCUT2D eigenvalue weighted by Crippen LogP contribution is 2.26. The van der Waals surface area contributed by atoms with Crippen LogP contribution >= 0.6 is 11.6 Å². The number of rotatable bonds is 3. The molecule has 0 bridgehead atoms. The highest BCUT2D eigenvalue weighted by Gasteiger charge is 2.31. The van der Waals surface area contributed by atoms with Gasteiger partial charge in [-0.3, -0.25) is 9.69 Å². The summed E-state index contributed by atoms with van der Waals surface area (Å²) in [4.78, 5) is 13.6. The normalized spacial score (nSPS) is 18.2. The van der Waals surface area contributed by atoms with Crippen molar-refractivity contribution in [2.45, 2.75) is 25.6 Å². The van der Waals surface area contributed by atoms with Crippen LogP contribution in [0.4, 0.5) is 0 Å². The van der Waals surface area contributed by atoms with E-state index >= 15 is 0 Å². The summed E-state index contributed by atoms with van der Waals surface area (Å²) in [5, 5.41) is 10.2. The molecule has 0 spiro atoms. The van der Waals surface area contributed by atoms with Gasteiger partial charge in [-0.05, 0) is 29.2 Å². The zero-order chi connectivity index (χ0) is 14.8. The Morgan fingerprint density at radius 1 is 1.14 bits per heavy atom. The molecule has 0 amide bonds. The van der Waals surface area contributed by atoms with Crippen LogP contribution in [-0.4, -0.2) is 22.0 Å². The molecule has 3 nitrogen and oxygen atoms in total. The third-order valence-corrected chi connectivity index (χ3v) is 4.33. The van der Waals surface area contributed by atoms with Gasteiger partial charge in [0.2, 0.25) is 0 Å². The van der Waals surface area contributed by atoms with Gasteiger partial charge in [-0.15, -0.1) is 0 Å². The second-order valence-corrected chi connectivity index (χ2v) is 5.73. The van der Waals surface area contributed by atoms with Crippen LogP contribution in [0, 0.1) is 0 Å². The molecule has 3 rings (SSSR count). The van der Waals surface area contributed by atoms with Gasteiger partial charge >= 0.3 is 5.97 Å². The van der Waals surface area contributed by atoms with Gasteiger partial charge in [0.25, 0.3) is 0 Å². The first-order valence-corrected chi connectivity index (χ1v) is 7.30. The van der Waals surface area contributed by atoms with E-state index in [4.69, 9.17) is 11.6 Å². The lowest BCUT2D eigenvalue weighted by atomic mass is 9.93. The zero-order valence-corrected chi connectivity index (χ0v) is 12.3. The first-order chi connectivity index (χ1) is 10.1. The molecule has 0 fully saturated rings. The highest BCUT2D eigenvalue weighted by molar-refractivity contribution is 6.31. The summed E-state index contributed by atoms with van der Waals surface area (Å²) < 4.78 is 0. The van der Waals surface area contributed by atoms with Crippen LogP contribution in [0.3, 0.4) is 0 Å². The Bertz CT molecular complexity index is 671. The van der Waals surface area contributed by atoms with Crippen LogP contribution in [-0.2, 0) is 24.3 Å². The van der Waals surface area contributed by atoms with E-state index in [0.717, 1.165) is 11.1 Å². The fourth-order valence-corrected chi connectivity index (χ4v) is 3.03. The number of benzene rings is 2. The number of aliphatic carboxylic acids is 1. The van der Waals surface area contributed by atoms with Crippen LogP contribution < -0.4 is 0 Å². The van der Waals surface area contributed by atoms with Crippen molar-refractivity contribution in [2.75, 3.05) is 0 Å². The van der Waals surface area contributed by atoms with E-state index < -0.39 is 12.0 Å². The summed E-state index contributed by atoms with van der Waals surface area (Å²) in [5.74, 6) is -0.781. The molecular weight excluding hydrogens is 286 g/mol. The van der Waals surface area contributed by atoms with E-state index in [1.165, 1.54) is 5.56 Å². The van der Waals surface area contributed by atoms with Crippen molar-refractivity contribution >= 4 is 17.6 Å². The maximum atomic E-state index is 11.6. The molecule has 1 atom stereocenters. The van der Waals surface area contributed by atoms with Crippen LogP contribution in [0.1, 0.15) is 16.7 Å². The van der Waals surface area contributed by atoms with Gasteiger partial charge in [0.15, 0.2) is 0 Å². The van der Waals surface area contributed by atoms with Crippen molar-refractivity contribution in [1.82, 2.24) is 4.90 Å². The minimum atomic E-state index is -0.781. The van der Waals surface area contributed by atoms with Gasteiger partial charge in [0.05, 0.1) is 0 Å². The lowest BCUT2D eigenvalue weighted by molar-refractivity contribution is -0.144. The molecule has 0 saturated carbocycles. The maximum Gasteiger partial charge on any atom is 0.321 e. The number of carboxylic acid groups (broad SMARTS) is 1. The van der Waals surface area contributed by atoms with E-state index in [-0.39, 0.29) is 0 Å². The van der Waals surface area contributed by atoms with Gasteiger partial charge in [-0.2, -0.15) is 0 Å². The summed E-state index contributed by atoms with van der Waals surface area (Å²) in [7, 11) is 0. The number of halogens is 1. The number of nitrogens with zero attached hydrogens (tertiary/aromatic N) is 1. The third-order valence-electron chi connectivity index (χ3n) is 3.96. The molecule has 1 heterocycles. The van der Waals surface area contributed by atoms with Crippen molar-refractivity contribution in [2.24, 2.45) is 0 Å². The van der Waals surface area contributed by atoms with Gasteiger partial charge < -0.3 is 5.11 Å². The number of hydrogen-bond donors (Lipinski definition) is 1. The summed E-state index contributed by atoms with van der Waals surface area (Å²) in [6.45, 7) is 1.18. The molecule has 2 aromatic carbocycles. The van der Waals surface area contributed by atoms with E-state index in [0.29, 0.717) is 24.5 Å². The Morgan fingerprint density at radius 3 is 2.52 bits per heavy atom. The van der Waals surface area contributed by atoms with Crippen molar-refractivity contribution in [3.8, 4) is 0 Å². The summed E-state index contributed by atoms with van der Waals surface area (Å²) >= 11 is 6.20. The molecule has 1 N–H and O–H groups in total. The van der Waals surface area contributed by atoms with Crippen molar-refractivity contribution < 1.29 is 9.90 Å². The fraction of sp³-hybridized carbons (Fsp3) is 0.235. The Hall–Kier alpha value is -1.84. The molecule has 1 aliphatic rings. The minimum Gasteiger partial charge on any atom is -0.480 e. The number of hydrogen-bond acceptors (Lipinski definition) is 2. The molecule has 1 aliphatic heterocycles. The van der Waals surface area contributed by atoms with Crippen LogP contribution in [0.5, 0.6) is 0 Å². The lowest BCUT2D eigenvalue weighted by Gasteiger charge is -2.34. The lowest BCUT2D eigenvalue weighted by Crippen LogP contribution is -2.45. The smallest absolute Gasteiger partial charge is 0.321 e. The van der Waals surface area contributed by atoms with Crippen molar-refractivity contribution in [3.63, 3.8) is 0 Å². The van der Waals surface area contributed by atoms with Gasteiger partial charge in [-0.1, -0.05) is 54.1 Å². The van der Waals surface area contributed by atoms with Gasteiger partial charge in [-0.25, -0.2) is 0 Å². The largest absolute Gasteiger partial charge is 0.480 e. The molecule has 21 heavy (non-hydrogen) atoms. The van der Waals surface area contributed by atoms with Crippen LogP contribution in [0.15, 0.2) is 48.5 Å². The number of carboxylic acids is 1. The van der Waals surface area contributed by atoms with E-state index in [2.05, 4.69) is 6.07 Å². The summed E-state index contributed by atoms with van der Waals surface area (Å²) in [6.07, 6.45) is 0.538. The number of fused-ring (bicyclic) bond motifs is 1. The topological polar surface area (TPSA) is 40.5 Å². The van der Waals surface area contributed by atoms with Crippen molar-refractivity contribution in [1.29, 1.82) is 0 Å². The Kier molecular flexibility index (Phi) is 3.95. The molecule has 2 aromatic rings. The standard InChI is InChI=1S/C17H16ClNO2/c18-15-8-4-3-7-14(15)11-19-10-13-6-2-1-5-12(13)9-16(19)17(20)21/h1-8,16H,9-11H2,(H,20,21)/t16-/m0/s1. The van der Waals surface area contributed by atoms with Crippen LogP contribution in [0.2, 0.25) is 5.02 Å². The quantitative estimate of drug-likeness (QED) is 0.945. The summed E-state index contributed by atoms with van der Waals surface area (Å²) in [6, 6.07) is 15.1. The molecule has 4 heteroatoms. The highest BCUT2D eigenvalue weighted by atomic mass is 35.5. The molecular formula is C17H16ClNO2. The Morgan fingerprint density at radius 2 is 1.81 bits per heavy atom. The van der Waals surface area contributed by atoms with Crippen LogP contribution in [0.25, 0.3) is 0 Å². The molecule has 0 aromatic heterocycles. The Balaban J connectivity index is 1.89. The maximum absolute atomic E-state index is 11.6. The SMILES string of the molecule is O=C(O)[C@@H]1Cc2ccccc2CN1Cc1ccccc1Cl. The zero-order valence-electron chi connectivity index (χ0n) is 11.5. The molecule has 0 aliphatic carbocycles. The van der Waals surface area contributed by atoms with Gasteiger partial charge in [0.1, 0.15) is 6.04 Å². The monoisotopic (exact) mass is 301 g/mol. The van der Waals surface area contributed by atoms with E-state index in [9.17, 15) is 9.90 Å². The third kappa shape index (κ3) is 2.94. The first kappa shape index (κ1) is 14.1. The molecule has 0 radical (unpaired) electrons. The number of carbonyl (C=O) groups is 1. The first-order valence-electron chi connectivity index (χ1n) is 6.92. The fourth-order valence-electron chi connectivity index (χ4n) is 2.83. The average molecular weight is 302 g/mol. The molecule has 0 unspecified atom stereocenters. The Labute approximate surface area is 128 Å². The predicted octanol–water partition coefficient (Wildman–Crippen LogP) is 3.35. The average Bonchev–Trinajstić information content (AvgIpc) is 2.48. The molecule has 108 valence electrons. The minimum absolute atomic E-state index is 0.504. The predicted molar refractivity (Wildman–Crippen MR) is 82.3 cm³/mol. The van der Waals surface area contributed by atoms with E-state index in [1.807, 2.05) is 47.4 Å². The second kappa shape index (κ2) is 5.88. The second-order valence-electron chi connectivity index (χ2n) is 5.32. The van der Waals surface area contributed by atoms with E-state index in [1.54, 1.807) is 0 Å². The summed E-state index contributed by atoms with van der Waals surface area (Å²) in [5.41, 5.74) is 3.28.